The third-order valence-corrected chi connectivity index (χ3v) is 8.65. The number of nitrogens with zero attached hydrogens (tertiary/aromatic N) is 4. The van der Waals surface area contributed by atoms with Crippen molar-refractivity contribution in [2.24, 2.45) is 0 Å². The van der Waals surface area contributed by atoms with Crippen molar-refractivity contribution in [1.82, 2.24) is 9.80 Å². The summed E-state index contributed by atoms with van der Waals surface area (Å²) in [7, 11) is 2.12. The van der Waals surface area contributed by atoms with Gasteiger partial charge in [0, 0.05) is 56.1 Å². The Labute approximate surface area is 250 Å². The fourth-order valence-corrected chi connectivity index (χ4v) is 6.32. The van der Waals surface area contributed by atoms with Crippen molar-refractivity contribution in [3.63, 3.8) is 0 Å². The van der Waals surface area contributed by atoms with Gasteiger partial charge in [-0.05, 0) is 49.4 Å². The van der Waals surface area contributed by atoms with E-state index < -0.39 is 5.97 Å². The Morgan fingerprint density at radius 1 is 0.929 bits per heavy atom. The van der Waals surface area contributed by atoms with Gasteiger partial charge in [-0.1, -0.05) is 35.9 Å². The smallest absolute Gasteiger partial charge is 0.337 e. The second-order valence-corrected chi connectivity index (χ2v) is 11.5. The third-order valence-electron chi connectivity index (χ3n) is 8.36. The molecule has 3 aromatic rings. The van der Waals surface area contributed by atoms with E-state index in [1.54, 1.807) is 11.0 Å². The molecule has 1 N–H and O–H groups in total. The van der Waals surface area contributed by atoms with E-state index in [4.69, 9.17) is 21.1 Å². The number of hydrogen-bond donors (Lipinski definition) is 1. The first kappa shape index (κ1) is 28.3. The monoisotopic (exact) mass is 590 g/mol. The van der Waals surface area contributed by atoms with E-state index in [1.807, 2.05) is 54.3 Å². The number of amides is 1. The quantitative estimate of drug-likeness (QED) is 0.462. The Bertz CT molecular complexity index is 1490. The molecule has 0 aromatic heterocycles. The molecule has 0 spiro atoms. The number of aryl methyl sites for hydroxylation is 1. The fourth-order valence-electron chi connectivity index (χ4n) is 5.98. The maximum absolute atomic E-state index is 13.7. The van der Waals surface area contributed by atoms with E-state index in [2.05, 4.69) is 16.8 Å². The second-order valence-electron chi connectivity index (χ2n) is 11.1. The number of likely N-dealkylation sites (N-methyl/N-ethyl adjacent to an activating group) is 1. The molecule has 0 unspecified atom stereocenters. The minimum absolute atomic E-state index is 0.0857. The molecule has 220 valence electrons. The highest BCUT2D eigenvalue weighted by molar-refractivity contribution is 6.34. The van der Waals surface area contributed by atoms with Gasteiger partial charge in [-0.25, -0.2) is 4.79 Å². The zero-order valence-electron chi connectivity index (χ0n) is 23.9. The number of benzene rings is 3. The van der Waals surface area contributed by atoms with Crippen molar-refractivity contribution >= 4 is 34.9 Å². The molecule has 3 aromatic carbocycles. The van der Waals surface area contributed by atoms with Crippen LogP contribution in [0.1, 0.15) is 31.8 Å². The van der Waals surface area contributed by atoms with Crippen LogP contribution in [-0.4, -0.2) is 93.0 Å². The highest BCUT2D eigenvalue weighted by Gasteiger charge is 2.29. The molecule has 6 rings (SSSR count). The molecular formula is C32H35ClN4O5. The second kappa shape index (κ2) is 11.8. The number of halogens is 1. The number of ether oxygens (including phenoxy) is 2. The lowest BCUT2D eigenvalue weighted by atomic mass is 9.97. The van der Waals surface area contributed by atoms with Crippen LogP contribution >= 0.6 is 11.6 Å². The minimum atomic E-state index is -0.964. The molecule has 0 aliphatic carbocycles. The molecule has 10 heteroatoms. The van der Waals surface area contributed by atoms with Gasteiger partial charge in [0.05, 0.1) is 41.6 Å². The van der Waals surface area contributed by atoms with Crippen LogP contribution in [0.4, 0.5) is 11.4 Å². The maximum Gasteiger partial charge on any atom is 0.337 e. The highest BCUT2D eigenvalue weighted by atomic mass is 35.5. The summed E-state index contributed by atoms with van der Waals surface area (Å²) in [4.78, 5) is 34.0. The van der Waals surface area contributed by atoms with Crippen molar-refractivity contribution in [3.05, 3.63) is 75.8 Å². The van der Waals surface area contributed by atoms with Crippen LogP contribution in [0, 0.1) is 6.92 Å². The Morgan fingerprint density at radius 3 is 2.40 bits per heavy atom. The van der Waals surface area contributed by atoms with Gasteiger partial charge in [0.15, 0.2) is 6.73 Å². The summed E-state index contributed by atoms with van der Waals surface area (Å²) in [6, 6.07) is 15.2. The van der Waals surface area contributed by atoms with Crippen molar-refractivity contribution in [1.29, 1.82) is 0 Å². The van der Waals surface area contributed by atoms with Crippen LogP contribution in [0.15, 0.2) is 48.5 Å². The molecule has 2 fully saturated rings. The Hall–Kier alpha value is -3.79. The van der Waals surface area contributed by atoms with Gasteiger partial charge in [0.25, 0.3) is 5.91 Å². The van der Waals surface area contributed by atoms with E-state index in [1.165, 1.54) is 0 Å². The zero-order valence-corrected chi connectivity index (χ0v) is 24.7. The van der Waals surface area contributed by atoms with Crippen LogP contribution in [0.5, 0.6) is 5.75 Å². The van der Waals surface area contributed by atoms with Gasteiger partial charge in [-0.15, -0.1) is 0 Å². The molecule has 9 nitrogen and oxygen atoms in total. The molecule has 0 saturated carbocycles. The van der Waals surface area contributed by atoms with E-state index in [-0.39, 0.29) is 18.2 Å². The maximum atomic E-state index is 13.7. The molecule has 1 amide bonds. The van der Waals surface area contributed by atoms with Crippen LogP contribution in [0.3, 0.4) is 0 Å². The summed E-state index contributed by atoms with van der Waals surface area (Å²) in [6.45, 7) is 8.58. The van der Waals surface area contributed by atoms with Gasteiger partial charge in [0.2, 0.25) is 0 Å². The van der Waals surface area contributed by atoms with Gasteiger partial charge in [0.1, 0.15) is 5.75 Å². The number of carboxylic acids is 1. The third kappa shape index (κ3) is 5.52. The Balaban J connectivity index is 1.25. The molecule has 0 bridgehead atoms. The number of carbonyl (C=O) groups is 2. The standard InChI is InChI=1S/C32H35ClN4O5/c1-21-16-24(35-10-8-34(2)9-11-35)18-27(33)29(21)31(38)37-19-23-4-3-5-25(30(23)42-20-37)22-6-7-26(32(39)40)28(17-22)36-12-14-41-15-13-36/h3-7,16-18H,8-15,19-20H2,1-2H3,(H,39,40). The Morgan fingerprint density at radius 2 is 1.69 bits per heavy atom. The highest BCUT2D eigenvalue weighted by Crippen LogP contribution is 2.39. The van der Waals surface area contributed by atoms with E-state index >= 15 is 0 Å². The summed E-state index contributed by atoms with van der Waals surface area (Å²) in [5, 5.41) is 10.3. The number of fused-ring (bicyclic) bond motifs is 1. The predicted octanol–water partition coefficient (Wildman–Crippen LogP) is 4.59. The zero-order chi connectivity index (χ0) is 29.4. The SMILES string of the molecule is Cc1cc(N2CCN(C)CC2)cc(Cl)c1C(=O)N1COc2c(cccc2-c2ccc(C(=O)O)c(N3CCOCC3)c2)C1. The predicted molar refractivity (Wildman–Crippen MR) is 163 cm³/mol. The number of rotatable bonds is 5. The molecule has 3 heterocycles. The first-order valence-corrected chi connectivity index (χ1v) is 14.7. The molecule has 0 atom stereocenters. The molecule has 3 aliphatic rings. The normalized spacial score (nSPS) is 17.5. The minimum Gasteiger partial charge on any atom is -0.478 e. The molecule has 42 heavy (non-hydrogen) atoms. The fraction of sp³-hybridized carbons (Fsp3) is 0.375. The van der Waals surface area contributed by atoms with Crippen molar-refractivity contribution in [2.75, 3.05) is 76.1 Å². The molecule has 3 aliphatic heterocycles. The van der Waals surface area contributed by atoms with E-state index in [9.17, 15) is 14.7 Å². The number of aromatic carboxylic acids is 1. The lowest BCUT2D eigenvalue weighted by Gasteiger charge is -2.35. The number of para-hydroxylation sites is 1. The lowest BCUT2D eigenvalue weighted by Crippen LogP contribution is -2.44. The van der Waals surface area contributed by atoms with Crippen LogP contribution in [0.2, 0.25) is 5.02 Å². The molecule has 0 radical (unpaired) electrons. The first-order valence-electron chi connectivity index (χ1n) is 14.3. The van der Waals surface area contributed by atoms with Gasteiger partial charge >= 0.3 is 5.97 Å². The summed E-state index contributed by atoms with van der Waals surface area (Å²) < 4.78 is 11.7. The van der Waals surface area contributed by atoms with Gasteiger partial charge in [-0.3, -0.25) is 4.79 Å². The number of piperazine rings is 1. The van der Waals surface area contributed by atoms with Crippen molar-refractivity contribution < 1.29 is 24.2 Å². The summed E-state index contributed by atoms with van der Waals surface area (Å²) in [5.74, 6) is -0.432. The topological polar surface area (TPSA) is 85.8 Å². The van der Waals surface area contributed by atoms with Gasteiger partial charge < -0.3 is 34.2 Å². The summed E-state index contributed by atoms with van der Waals surface area (Å²) >= 11 is 6.74. The van der Waals surface area contributed by atoms with Crippen LogP contribution in [0.25, 0.3) is 11.1 Å². The van der Waals surface area contributed by atoms with Crippen molar-refractivity contribution in [3.8, 4) is 16.9 Å². The average Bonchev–Trinajstić information content (AvgIpc) is 3.00. The Kier molecular flexibility index (Phi) is 7.98. The number of carbonyl (C=O) groups excluding carboxylic acids is 1. The average molecular weight is 591 g/mol. The first-order chi connectivity index (χ1) is 20.3. The molecular weight excluding hydrogens is 556 g/mol. The molecule has 2 saturated heterocycles. The number of carboxylic acid groups (broad SMARTS) is 1. The summed E-state index contributed by atoms with van der Waals surface area (Å²) in [5.41, 5.74) is 5.90. The van der Waals surface area contributed by atoms with Crippen LogP contribution in [-0.2, 0) is 11.3 Å². The number of morpholine rings is 1. The number of anilines is 2. The van der Waals surface area contributed by atoms with E-state index in [0.29, 0.717) is 54.9 Å². The van der Waals surface area contributed by atoms with E-state index in [0.717, 1.165) is 54.1 Å². The van der Waals surface area contributed by atoms with Gasteiger partial charge in [-0.2, -0.15) is 0 Å². The van der Waals surface area contributed by atoms with Crippen molar-refractivity contribution in [2.45, 2.75) is 13.5 Å². The lowest BCUT2D eigenvalue weighted by molar-refractivity contribution is 0.0515. The summed E-state index contributed by atoms with van der Waals surface area (Å²) in [6.07, 6.45) is 0. The largest absolute Gasteiger partial charge is 0.478 e. The van der Waals surface area contributed by atoms with Crippen LogP contribution < -0.4 is 14.5 Å². The number of hydrogen-bond acceptors (Lipinski definition) is 7.